The lowest BCUT2D eigenvalue weighted by atomic mass is 9.95. The van der Waals surface area contributed by atoms with Crippen LogP contribution in [0.3, 0.4) is 0 Å². The molecule has 0 aromatic heterocycles. The Labute approximate surface area is 156 Å². The monoisotopic (exact) mass is 365 g/mol. The van der Waals surface area contributed by atoms with Crippen LogP contribution >= 0.6 is 0 Å². The van der Waals surface area contributed by atoms with Gasteiger partial charge in [0.05, 0.1) is 34.4 Å². The molecule has 1 aromatic rings. The number of amides is 1. The first-order valence-electron chi connectivity index (χ1n) is 9.53. The minimum absolute atomic E-state index is 0.163. The van der Waals surface area contributed by atoms with Crippen LogP contribution in [0.1, 0.15) is 38.2 Å². The van der Waals surface area contributed by atoms with E-state index in [0.29, 0.717) is 17.2 Å². The van der Waals surface area contributed by atoms with Gasteiger partial charge in [-0.3, -0.25) is 4.79 Å². The Morgan fingerprint density at radius 1 is 1.12 bits per heavy atom. The average Bonchev–Trinajstić information content (AvgIpc) is 2.67. The Hall–Kier alpha value is -1.95. The van der Waals surface area contributed by atoms with E-state index in [0.717, 1.165) is 57.4 Å². The topological polar surface area (TPSA) is 61.2 Å². The minimum atomic E-state index is 0.163. The summed E-state index contributed by atoms with van der Waals surface area (Å²) in [7, 11) is 4.88. The van der Waals surface area contributed by atoms with E-state index in [-0.39, 0.29) is 11.8 Å². The highest BCUT2D eigenvalue weighted by Gasteiger charge is 2.27. The van der Waals surface area contributed by atoms with Crippen LogP contribution in [-0.4, -0.2) is 46.9 Å². The Morgan fingerprint density at radius 2 is 1.73 bits per heavy atom. The Balaban J connectivity index is 1.92. The molecule has 2 N–H and O–H groups in total. The van der Waals surface area contributed by atoms with Crippen LogP contribution in [0, 0.1) is 5.92 Å². The summed E-state index contributed by atoms with van der Waals surface area (Å²) in [5, 5.41) is 3.07. The number of carbonyl (C=O) groups is 1. The predicted molar refractivity (Wildman–Crippen MR) is 101 cm³/mol. The molecule has 1 amide bonds. The lowest BCUT2D eigenvalue weighted by molar-refractivity contribution is -0.919. The van der Waals surface area contributed by atoms with Crippen LogP contribution < -0.4 is 24.4 Å². The van der Waals surface area contributed by atoms with Crippen molar-refractivity contribution >= 4 is 5.91 Å². The highest BCUT2D eigenvalue weighted by atomic mass is 16.5. The number of piperidine rings is 1. The average molecular weight is 365 g/mol. The van der Waals surface area contributed by atoms with E-state index < -0.39 is 0 Å². The number of methoxy groups -OCH3 is 3. The van der Waals surface area contributed by atoms with E-state index in [1.54, 1.807) is 21.3 Å². The third-order valence-electron chi connectivity index (χ3n) is 5.07. The molecule has 0 bridgehead atoms. The minimum Gasteiger partial charge on any atom is -0.493 e. The Kier molecular flexibility index (Phi) is 8.04. The molecule has 6 heteroatoms. The maximum absolute atomic E-state index is 12.2. The van der Waals surface area contributed by atoms with Gasteiger partial charge in [0.15, 0.2) is 11.5 Å². The standard InChI is InChI=1S/C20H32N2O4/c1-5-6-9-21-20(23)16-7-10-22(11-8-16)14-15-12-17(24-2)19(26-4)18(13-15)25-3/h12-13,16H,5-11,14H2,1-4H3,(H,21,23)/p+1. The predicted octanol–water partition coefficient (Wildman–Crippen LogP) is 1.42. The van der Waals surface area contributed by atoms with Crippen molar-refractivity contribution in [1.82, 2.24) is 5.32 Å². The summed E-state index contributed by atoms with van der Waals surface area (Å²) >= 11 is 0. The van der Waals surface area contributed by atoms with Crippen molar-refractivity contribution in [3.8, 4) is 17.2 Å². The number of hydrogen-bond donors (Lipinski definition) is 2. The van der Waals surface area contributed by atoms with E-state index in [1.807, 2.05) is 12.1 Å². The second-order valence-corrected chi connectivity index (χ2v) is 6.88. The molecule has 0 unspecified atom stereocenters. The lowest BCUT2D eigenvalue weighted by Gasteiger charge is -2.29. The molecular formula is C20H33N2O4+. The number of likely N-dealkylation sites (tertiary alicyclic amines) is 1. The molecular weight excluding hydrogens is 332 g/mol. The van der Waals surface area contributed by atoms with Gasteiger partial charge >= 0.3 is 0 Å². The summed E-state index contributed by atoms with van der Waals surface area (Å²) in [6.07, 6.45) is 4.05. The van der Waals surface area contributed by atoms with Gasteiger partial charge in [0.1, 0.15) is 6.54 Å². The zero-order valence-electron chi connectivity index (χ0n) is 16.5. The number of ether oxygens (including phenoxy) is 3. The van der Waals surface area contributed by atoms with Crippen molar-refractivity contribution in [2.75, 3.05) is 41.0 Å². The number of nitrogens with one attached hydrogen (secondary N) is 2. The van der Waals surface area contributed by atoms with Gasteiger partial charge in [0.2, 0.25) is 11.7 Å². The molecule has 2 rings (SSSR count). The summed E-state index contributed by atoms with van der Waals surface area (Å²) in [5.41, 5.74) is 1.15. The molecule has 146 valence electrons. The fourth-order valence-corrected chi connectivity index (χ4v) is 3.52. The van der Waals surface area contributed by atoms with Gasteiger partial charge in [-0.05, 0) is 18.6 Å². The van der Waals surface area contributed by atoms with Gasteiger partial charge < -0.3 is 24.4 Å². The molecule has 0 atom stereocenters. The first-order valence-corrected chi connectivity index (χ1v) is 9.53. The number of hydrogen-bond acceptors (Lipinski definition) is 4. The molecule has 0 saturated carbocycles. The molecule has 1 fully saturated rings. The molecule has 6 nitrogen and oxygen atoms in total. The second-order valence-electron chi connectivity index (χ2n) is 6.88. The third-order valence-corrected chi connectivity index (χ3v) is 5.07. The molecule has 0 aliphatic carbocycles. The second kappa shape index (κ2) is 10.3. The van der Waals surface area contributed by atoms with Crippen molar-refractivity contribution in [3.05, 3.63) is 17.7 Å². The zero-order valence-corrected chi connectivity index (χ0v) is 16.5. The maximum atomic E-state index is 12.2. The van der Waals surface area contributed by atoms with Crippen LogP contribution in [0.4, 0.5) is 0 Å². The van der Waals surface area contributed by atoms with Gasteiger partial charge in [0.25, 0.3) is 0 Å². The van der Waals surface area contributed by atoms with Crippen LogP contribution in [0.25, 0.3) is 0 Å². The number of carbonyl (C=O) groups excluding carboxylic acids is 1. The molecule has 1 aliphatic rings. The van der Waals surface area contributed by atoms with E-state index >= 15 is 0 Å². The molecule has 1 aromatic carbocycles. The molecule has 0 spiro atoms. The van der Waals surface area contributed by atoms with Gasteiger partial charge in [-0.2, -0.15) is 0 Å². The van der Waals surface area contributed by atoms with Crippen LogP contribution in [0.5, 0.6) is 17.2 Å². The fraction of sp³-hybridized carbons (Fsp3) is 0.650. The zero-order chi connectivity index (χ0) is 18.9. The molecule has 0 radical (unpaired) electrons. The number of rotatable bonds is 9. The van der Waals surface area contributed by atoms with Crippen LogP contribution in [0.15, 0.2) is 12.1 Å². The van der Waals surface area contributed by atoms with Crippen molar-refractivity contribution in [2.24, 2.45) is 5.92 Å². The van der Waals surface area contributed by atoms with E-state index in [4.69, 9.17) is 14.2 Å². The molecule has 1 aliphatic heterocycles. The molecule has 1 saturated heterocycles. The van der Waals surface area contributed by atoms with E-state index in [9.17, 15) is 4.79 Å². The van der Waals surface area contributed by atoms with Crippen molar-refractivity contribution in [1.29, 1.82) is 0 Å². The van der Waals surface area contributed by atoms with Crippen molar-refractivity contribution < 1.29 is 23.9 Å². The number of quaternary nitrogens is 1. The Morgan fingerprint density at radius 3 is 2.23 bits per heavy atom. The third kappa shape index (κ3) is 5.27. The molecule has 1 heterocycles. The lowest BCUT2D eigenvalue weighted by Crippen LogP contribution is -3.11. The summed E-state index contributed by atoms with van der Waals surface area (Å²) in [6.45, 7) is 5.83. The first-order chi connectivity index (χ1) is 12.6. The number of benzene rings is 1. The largest absolute Gasteiger partial charge is 0.493 e. The van der Waals surface area contributed by atoms with Crippen molar-refractivity contribution in [3.63, 3.8) is 0 Å². The Bertz CT molecular complexity index is 558. The normalized spacial score (nSPS) is 19.7. The van der Waals surface area contributed by atoms with Gasteiger partial charge in [0, 0.05) is 30.9 Å². The summed E-state index contributed by atoms with van der Waals surface area (Å²) in [4.78, 5) is 13.7. The van der Waals surface area contributed by atoms with Crippen LogP contribution in [0.2, 0.25) is 0 Å². The van der Waals surface area contributed by atoms with Crippen molar-refractivity contribution in [2.45, 2.75) is 39.2 Å². The smallest absolute Gasteiger partial charge is 0.223 e. The van der Waals surface area contributed by atoms with E-state index in [1.165, 1.54) is 4.90 Å². The quantitative estimate of drug-likeness (QED) is 0.650. The first kappa shape index (κ1) is 20.4. The summed E-state index contributed by atoms with van der Waals surface area (Å²) < 4.78 is 16.3. The fourth-order valence-electron chi connectivity index (χ4n) is 3.52. The highest BCUT2D eigenvalue weighted by molar-refractivity contribution is 5.78. The summed E-state index contributed by atoms with van der Waals surface area (Å²) in [5.74, 6) is 2.38. The van der Waals surface area contributed by atoms with Gasteiger partial charge in [-0.25, -0.2) is 0 Å². The SMILES string of the molecule is CCCCNC(=O)C1CC[NH+](Cc2cc(OC)c(OC)c(OC)c2)CC1. The van der Waals surface area contributed by atoms with E-state index in [2.05, 4.69) is 12.2 Å². The molecule has 26 heavy (non-hydrogen) atoms. The highest BCUT2D eigenvalue weighted by Crippen LogP contribution is 2.38. The van der Waals surface area contributed by atoms with Crippen LogP contribution in [-0.2, 0) is 11.3 Å². The van der Waals surface area contributed by atoms with Gasteiger partial charge in [-0.15, -0.1) is 0 Å². The number of unbranched alkanes of at least 4 members (excludes halogenated alkanes) is 1. The van der Waals surface area contributed by atoms with Gasteiger partial charge in [-0.1, -0.05) is 13.3 Å². The maximum Gasteiger partial charge on any atom is 0.223 e. The summed E-state index contributed by atoms with van der Waals surface area (Å²) in [6, 6.07) is 4.02.